The molecule has 1 unspecified atom stereocenters. The molecule has 2 aromatic rings. The molecule has 3 nitrogen and oxygen atoms in total. The van der Waals surface area contributed by atoms with Crippen LogP contribution < -0.4 is 10.1 Å². The summed E-state index contributed by atoms with van der Waals surface area (Å²) in [5.41, 5.74) is 0.669. The molecule has 0 saturated carbocycles. The fraction of sp³-hybridized carbons (Fsp3) is 0.235. The van der Waals surface area contributed by atoms with Gasteiger partial charge < -0.3 is 10.1 Å². The summed E-state index contributed by atoms with van der Waals surface area (Å²) in [6, 6.07) is 15.1. The monoisotopic (exact) mass is 335 g/mol. The Morgan fingerprint density at radius 1 is 1.27 bits per heavy atom. The van der Waals surface area contributed by atoms with Crippen LogP contribution in [0.15, 0.2) is 53.4 Å². The van der Waals surface area contributed by atoms with E-state index in [4.69, 9.17) is 16.3 Å². The van der Waals surface area contributed by atoms with Gasteiger partial charge in [-0.25, -0.2) is 0 Å². The average Bonchev–Trinajstić information content (AvgIpc) is 2.53. The number of hydrogen-bond donors (Lipinski definition) is 1. The number of halogens is 1. The Morgan fingerprint density at radius 2 is 2.00 bits per heavy atom. The fourth-order valence-electron chi connectivity index (χ4n) is 1.95. The van der Waals surface area contributed by atoms with Gasteiger partial charge >= 0.3 is 0 Å². The average molecular weight is 336 g/mol. The molecular formula is C17H18ClNO2S. The minimum atomic E-state index is -0.150. The van der Waals surface area contributed by atoms with E-state index < -0.39 is 0 Å². The molecule has 0 spiro atoms. The standard InChI is InChI=1S/C17H18ClNO2S/c1-3-16(22-13-7-5-4-6-8-13)17(20)19-12-9-10-15(21-2)14(18)11-12/h4-11,16H,3H2,1-2H3,(H,19,20). The summed E-state index contributed by atoms with van der Waals surface area (Å²) >= 11 is 7.63. The van der Waals surface area contributed by atoms with Gasteiger partial charge in [-0.3, -0.25) is 4.79 Å². The Labute approximate surface area is 140 Å². The van der Waals surface area contributed by atoms with Crippen molar-refractivity contribution < 1.29 is 9.53 Å². The lowest BCUT2D eigenvalue weighted by Crippen LogP contribution is -2.24. The number of nitrogens with one attached hydrogen (secondary N) is 1. The molecule has 0 bridgehead atoms. The quantitative estimate of drug-likeness (QED) is 0.766. The number of carbonyl (C=O) groups excluding carboxylic acids is 1. The number of carbonyl (C=O) groups is 1. The van der Waals surface area contributed by atoms with Crippen LogP contribution in [0.25, 0.3) is 0 Å². The highest BCUT2D eigenvalue weighted by molar-refractivity contribution is 8.00. The van der Waals surface area contributed by atoms with Gasteiger partial charge in [-0.1, -0.05) is 36.7 Å². The molecule has 2 aromatic carbocycles. The molecule has 1 atom stereocenters. The first-order valence-corrected chi connectivity index (χ1v) is 8.26. The predicted octanol–water partition coefficient (Wildman–Crippen LogP) is 4.86. The van der Waals surface area contributed by atoms with Gasteiger partial charge in [0, 0.05) is 10.6 Å². The van der Waals surface area contributed by atoms with E-state index >= 15 is 0 Å². The van der Waals surface area contributed by atoms with E-state index in [0.29, 0.717) is 16.5 Å². The molecule has 116 valence electrons. The molecule has 22 heavy (non-hydrogen) atoms. The van der Waals surface area contributed by atoms with E-state index in [0.717, 1.165) is 11.3 Å². The molecule has 0 aromatic heterocycles. The second-order valence-corrected chi connectivity index (χ2v) is 6.35. The van der Waals surface area contributed by atoms with Gasteiger partial charge in [0.15, 0.2) is 0 Å². The topological polar surface area (TPSA) is 38.3 Å². The van der Waals surface area contributed by atoms with Crippen molar-refractivity contribution in [2.75, 3.05) is 12.4 Å². The van der Waals surface area contributed by atoms with E-state index in [2.05, 4.69) is 5.32 Å². The zero-order valence-corrected chi connectivity index (χ0v) is 14.1. The summed E-state index contributed by atoms with van der Waals surface area (Å²) < 4.78 is 5.10. The first kappa shape index (κ1) is 16.7. The number of thioether (sulfide) groups is 1. The molecule has 0 radical (unpaired) electrons. The lowest BCUT2D eigenvalue weighted by molar-refractivity contribution is -0.115. The Kier molecular flexibility index (Phi) is 6.16. The van der Waals surface area contributed by atoms with Gasteiger partial charge in [-0.05, 0) is 36.8 Å². The molecule has 5 heteroatoms. The minimum Gasteiger partial charge on any atom is -0.495 e. The third kappa shape index (κ3) is 4.42. The van der Waals surface area contributed by atoms with Gasteiger partial charge in [0.05, 0.1) is 17.4 Å². The molecule has 0 aliphatic rings. The molecule has 0 fully saturated rings. The highest BCUT2D eigenvalue weighted by Gasteiger charge is 2.18. The third-order valence-corrected chi connectivity index (χ3v) is 4.78. The van der Waals surface area contributed by atoms with E-state index in [1.165, 1.54) is 0 Å². The van der Waals surface area contributed by atoms with Gasteiger partial charge in [0.2, 0.25) is 5.91 Å². The molecule has 0 aliphatic heterocycles. The normalized spacial score (nSPS) is 11.8. The maximum Gasteiger partial charge on any atom is 0.237 e. The van der Waals surface area contributed by atoms with Crippen molar-refractivity contribution in [3.05, 3.63) is 53.6 Å². The maximum atomic E-state index is 12.4. The highest BCUT2D eigenvalue weighted by atomic mass is 35.5. The van der Waals surface area contributed by atoms with E-state index in [-0.39, 0.29) is 11.2 Å². The van der Waals surface area contributed by atoms with Crippen molar-refractivity contribution in [3.8, 4) is 5.75 Å². The van der Waals surface area contributed by atoms with Crippen molar-refractivity contribution in [3.63, 3.8) is 0 Å². The van der Waals surface area contributed by atoms with Gasteiger partial charge in [-0.2, -0.15) is 0 Å². The molecular weight excluding hydrogens is 318 g/mol. The van der Waals surface area contributed by atoms with Crippen LogP contribution in [0.1, 0.15) is 13.3 Å². The fourth-order valence-corrected chi connectivity index (χ4v) is 3.19. The number of rotatable bonds is 6. The zero-order chi connectivity index (χ0) is 15.9. The zero-order valence-electron chi connectivity index (χ0n) is 12.5. The third-order valence-electron chi connectivity index (χ3n) is 3.10. The number of amides is 1. The summed E-state index contributed by atoms with van der Waals surface area (Å²) in [6.07, 6.45) is 0.745. The first-order chi connectivity index (χ1) is 10.6. The molecule has 0 saturated heterocycles. The maximum absolute atomic E-state index is 12.4. The van der Waals surface area contributed by atoms with Crippen molar-refractivity contribution in [2.45, 2.75) is 23.5 Å². The second kappa shape index (κ2) is 8.11. The summed E-state index contributed by atoms with van der Waals surface area (Å²) in [6.45, 7) is 2.00. The van der Waals surface area contributed by atoms with Gasteiger partial charge in [0.1, 0.15) is 5.75 Å². The largest absolute Gasteiger partial charge is 0.495 e. The molecule has 1 N–H and O–H groups in total. The van der Waals surface area contributed by atoms with Gasteiger partial charge in [-0.15, -0.1) is 11.8 Å². The Morgan fingerprint density at radius 3 is 2.59 bits per heavy atom. The van der Waals surface area contributed by atoms with Crippen LogP contribution in [0.2, 0.25) is 5.02 Å². The van der Waals surface area contributed by atoms with Crippen molar-refractivity contribution >= 4 is 35.0 Å². The van der Waals surface area contributed by atoms with Crippen LogP contribution in [-0.4, -0.2) is 18.3 Å². The van der Waals surface area contributed by atoms with Crippen LogP contribution in [0.3, 0.4) is 0 Å². The van der Waals surface area contributed by atoms with Crippen molar-refractivity contribution in [1.29, 1.82) is 0 Å². The van der Waals surface area contributed by atoms with Crippen LogP contribution in [-0.2, 0) is 4.79 Å². The Bertz CT molecular complexity index is 634. The summed E-state index contributed by atoms with van der Waals surface area (Å²) in [5, 5.41) is 3.23. The second-order valence-electron chi connectivity index (χ2n) is 4.67. The van der Waals surface area contributed by atoms with Crippen LogP contribution >= 0.6 is 23.4 Å². The van der Waals surface area contributed by atoms with Crippen LogP contribution in [0.4, 0.5) is 5.69 Å². The Balaban J connectivity index is 2.04. The lowest BCUT2D eigenvalue weighted by atomic mass is 10.2. The number of anilines is 1. The van der Waals surface area contributed by atoms with Crippen molar-refractivity contribution in [2.24, 2.45) is 0 Å². The molecule has 1 amide bonds. The number of ether oxygens (including phenoxy) is 1. The highest BCUT2D eigenvalue weighted by Crippen LogP contribution is 2.29. The SMILES string of the molecule is CCC(Sc1ccccc1)C(=O)Nc1ccc(OC)c(Cl)c1. The van der Waals surface area contributed by atoms with Crippen LogP contribution in [0, 0.1) is 0 Å². The van der Waals surface area contributed by atoms with Gasteiger partial charge in [0.25, 0.3) is 0 Å². The number of hydrogen-bond acceptors (Lipinski definition) is 3. The summed E-state index contributed by atoms with van der Waals surface area (Å²) in [4.78, 5) is 13.5. The molecule has 0 heterocycles. The smallest absolute Gasteiger partial charge is 0.237 e. The van der Waals surface area contributed by atoms with Crippen molar-refractivity contribution in [1.82, 2.24) is 0 Å². The lowest BCUT2D eigenvalue weighted by Gasteiger charge is -2.15. The van der Waals surface area contributed by atoms with E-state index in [9.17, 15) is 4.79 Å². The summed E-state index contributed by atoms with van der Waals surface area (Å²) in [5.74, 6) is 0.558. The Hall–Kier alpha value is -1.65. The number of benzene rings is 2. The molecule has 0 aliphatic carbocycles. The predicted molar refractivity (Wildman–Crippen MR) is 93.0 cm³/mol. The summed E-state index contributed by atoms with van der Waals surface area (Å²) in [7, 11) is 1.56. The van der Waals surface area contributed by atoms with E-state index in [1.54, 1.807) is 37.1 Å². The molecule has 2 rings (SSSR count). The first-order valence-electron chi connectivity index (χ1n) is 7.00. The van der Waals surface area contributed by atoms with E-state index in [1.807, 2.05) is 37.3 Å². The van der Waals surface area contributed by atoms with Crippen LogP contribution in [0.5, 0.6) is 5.75 Å². The minimum absolute atomic E-state index is 0.0300. The number of methoxy groups -OCH3 is 1.